The van der Waals surface area contributed by atoms with Crippen LogP contribution in [0.2, 0.25) is 0 Å². The van der Waals surface area contributed by atoms with Crippen molar-refractivity contribution in [1.29, 1.82) is 0 Å². The summed E-state index contributed by atoms with van der Waals surface area (Å²) in [5, 5.41) is 8.66. The number of hydrogen-bond acceptors (Lipinski definition) is 5. The average molecular weight is 284 g/mol. The first-order chi connectivity index (χ1) is 9.38. The first-order valence-corrected chi connectivity index (χ1v) is 6.44. The van der Waals surface area contributed by atoms with Crippen LogP contribution in [0.5, 0.6) is 0 Å². The van der Waals surface area contributed by atoms with E-state index in [4.69, 9.17) is 10.8 Å². The van der Waals surface area contributed by atoms with Gasteiger partial charge in [-0.05, 0) is 6.42 Å². The van der Waals surface area contributed by atoms with Crippen molar-refractivity contribution in [3.8, 4) is 0 Å². The van der Waals surface area contributed by atoms with Crippen LogP contribution in [-0.4, -0.2) is 34.2 Å². The van der Waals surface area contributed by atoms with Crippen molar-refractivity contribution in [3.05, 3.63) is 20.8 Å². The number of nitrogens with one attached hydrogen (secondary N) is 1. The number of H-pyrrole nitrogens is 1. The lowest BCUT2D eigenvalue weighted by molar-refractivity contribution is -0.136. The number of aromatic nitrogens is 2. The van der Waals surface area contributed by atoms with Crippen LogP contribution in [0.3, 0.4) is 0 Å². The molecule has 0 spiro atoms. The summed E-state index contributed by atoms with van der Waals surface area (Å²) in [7, 11) is 1.57. The zero-order valence-corrected chi connectivity index (χ0v) is 11.7. The third kappa shape index (κ3) is 3.62. The first kappa shape index (κ1) is 15.8. The number of nitrogens with two attached hydrogens (primary N) is 1. The predicted molar refractivity (Wildman–Crippen MR) is 76.2 cm³/mol. The highest BCUT2D eigenvalue weighted by molar-refractivity contribution is 5.68. The lowest BCUT2D eigenvalue weighted by Crippen LogP contribution is -2.37. The topological polar surface area (TPSA) is 121 Å². The molecule has 8 nitrogen and oxygen atoms in total. The molecule has 1 aromatic heterocycles. The van der Waals surface area contributed by atoms with Gasteiger partial charge >= 0.3 is 11.7 Å². The highest BCUT2D eigenvalue weighted by atomic mass is 16.4. The normalized spacial score (nSPS) is 10.5. The van der Waals surface area contributed by atoms with Crippen LogP contribution in [-0.2, 0) is 11.3 Å². The van der Waals surface area contributed by atoms with E-state index < -0.39 is 17.2 Å². The van der Waals surface area contributed by atoms with Crippen LogP contribution in [0.4, 0.5) is 11.5 Å². The summed E-state index contributed by atoms with van der Waals surface area (Å²) in [5.41, 5.74) is 4.87. The third-order valence-electron chi connectivity index (χ3n) is 2.99. The van der Waals surface area contributed by atoms with Crippen molar-refractivity contribution >= 4 is 17.5 Å². The molecule has 1 aromatic rings. The van der Waals surface area contributed by atoms with Gasteiger partial charge in [0.15, 0.2) is 0 Å². The minimum Gasteiger partial charge on any atom is -0.481 e. The number of nitrogen functional groups attached to an aromatic ring is 1. The Morgan fingerprint density at radius 2 is 2.10 bits per heavy atom. The average Bonchev–Trinajstić information content (AvgIpc) is 2.35. The Morgan fingerprint density at radius 3 is 2.65 bits per heavy atom. The summed E-state index contributed by atoms with van der Waals surface area (Å²) in [6, 6.07) is 0. The molecule has 0 atom stereocenters. The summed E-state index contributed by atoms with van der Waals surface area (Å²) >= 11 is 0. The molecule has 0 radical (unpaired) electrons. The SMILES string of the molecule is CCCCn1c(N)c(N(C)CCC(=O)O)c(=O)[nH]c1=O. The minimum atomic E-state index is -0.967. The summed E-state index contributed by atoms with van der Waals surface area (Å²) in [4.78, 5) is 37.8. The number of carboxylic acid groups (broad SMARTS) is 1. The monoisotopic (exact) mass is 284 g/mol. The number of aromatic amines is 1. The molecule has 0 saturated carbocycles. The molecule has 0 aliphatic rings. The Labute approximate surface area is 115 Å². The van der Waals surface area contributed by atoms with E-state index in [2.05, 4.69) is 4.98 Å². The van der Waals surface area contributed by atoms with Crippen molar-refractivity contribution in [2.45, 2.75) is 32.7 Å². The van der Waals surface area contributed by atoms with Gasteiger partial charge in [0.2, 0.25) is 0 Å². The summed E-state index contributed by atoms with van der Waals surface area (Å²) in [5.74, 6) is -0.897. The molecular formula is C12H20N4O4. The molecule has 1 rings (SSSR count). The van der Waals surface area contributed by atoms with E-state index in [0.717, 1.165) is 12.8 Å². The number of hydrogen-bond donors (Lipinski definition) is 3. The van der Waals surface area contributed by atoms with Crippen LogP contribution in [0, 0.1) is 0 Å². The third-order valence-corrected chi connectivity index (χ3v) is 2.99. The van der Waals surface area contributed by atoms with Crippen molar-refractivity contribution in [1.82, 2.24) is 9.55 Å². The Bertz CT molecular complexity index is 590. The van der Waals surface area contributed by atoms with Gasteiger partial charge in [0, 0.05) is 20.1 Å². The smallest absolute Gasteiger partial charge is 0.330 e. The van der Waals surface area contributed by atoms with Gasteiger partial charge in [0.25, 0.3) is 5.56 Å². The van der Waals surface area contributed by atoms with Crippen LogP contribution >= 0.6 is 0 Å². The maximum atomic E-state index is 11.8. The van der Waals surface area contributed by atoms with Crippen LogP contribution < -0.4 is 21.9 Å². The van der Waals surface area contributed by atoms with E-state index in [1.54, 1.807) is 7.05 Å². The zero-order chi connectivity index (χ0) is 15.3. The molecule has 4 N–H and O–H groups in total. The molecule has 0 aliphatic carbocycles. The van der Waals surface area contributed by atoms with Crippen LogP contribution in [0.25, 0.3) is 0 Å². The van der Waals surface area contributed by atoms with Gasteiger partial charge < -0.3 is 15.7 Å². The second-order valence-electron chi connectivity index (χ2n) is 4.56. The van der Waals surface area contributed by atoms with Gasteiger partial charge in [-0.3, -0.25) is 19.1 Å². The molecule has 0 aliphatic heterocycles. The molecule has 0 amide bonds. The number of nitrogens with zero attached hydrogens (tertiary/aromatic N) is 2. The molecular weight excluding hydrogens is 264 g/mol. The maximum Gasteiger partial charge on any atom is 0.330 e. The fraction of sp³-hybridized carbons (Fsp3) is 0.583. The second-order valence-corrected chi connectivity index (χ2v) is 4.56. The number of rotatable bonds is 7. The van der Waals surface area contributed by atoms with Gasteiger partial charge in [-0.2, -0.15) is 0 Å². The van der Waals surface area contributed by atoms with E-state index >= 15 is 0 Å². The summed E-state index contributed by atoms with van der Waals surface area (Å²) < 4.78 is 1.30. The number of anilines is 2. The first-order valence-electron chi connectivity index (χ1n) is 6.44. The Morgan fingerprint density at radius 1 is 1.45 bits per heavy atom. The molecule has 0 bridgehead atoms. The Balaban J connectivity index is 3.15. The quantitative estimate of drug-likeness (QED) is 0.639. The highest BCUT2D eigenvalue weighted by Crippen LogP contribution is 2.15. The molecule has 112 valence electrons. The Kier molecular flexibility index (Phi) is 5.36. The molecule has 1 heterocycles. The predicted octanol–water partition coefficient (Wildman–Crippen LogP) is -0.170. The van der Waals surface area contributed by atoms with E-state index in [-0.39, 0.29) is 24.5 Å². The molecule has 8 heteroatoms. The van der Waals surface area contributed by atoms with E-state index in [1.807, 2.05) is 6.92 Å². The summed E-state index contributed by atoms with van der Waals surface area (Å²) in [6.45, 7) is 2.53. The second kappa shape index (κ2) is 6.78. The van der Waals surface area contributed by atoms with Gasteiger partial charge in [-0.1, -0.05) is 13.3 Å². The molecule has 20 heavy (non-hydrogen) atoms. The number of carboxylic acids is 1. The zero-order valence-electron chi connectivity index (χ0n) is 11.7. The number of carbonyl (C=O) groups is 1. The van der Waals surface area contributed by atoms with Gasteiger partial charge in [0.05, 0.1) is 6.42 Å². The van der Waals surface area contributed by atoms with E-state index in [9.17, 15) is 14.4 Å². The molecule has 0 unspecified atom stereocenters. The van der Waals surface area contributed by atoms with E-state index in [0.29, 0.717) is 6.54 Å². The minimum absolute atomic E-state index is 0.0695. The highest BCUT2D eigenvalue weighted by Gasteiger charge is 2.16. The fourth-order valence-electron chi connectivity index (χ4n) is 1.86. The largest absolute Gasteiger partial charge is 0.481 e. The van der Waals surface area contributed by atoms with Crippen molar-refractivity contribution in [2.24, 2.45) is 0 Å². The van der Waals surface area contributed by atoms with Crippen LogP contribution in [0.1, 0.15) is 26.2 Å². The summed E-state index contributed by atoms with van der Waals surface area (Å²) in [6.07, 6.45) is 1.52. The Hall–Kier alpha value is -2.25. The maximum absolute atomic E-state index is 11.8. The lowest BCUT2D eigenvalue weighted by Gasteiger charge is -2.21. The van der Waals surface area contributed by atoms with E-state index in [1.165, 1.54) is 9.47 Å². The van der Waals surface area contributed by atoms with Crippen molar-refractivity contribution in [3.63, 3.8) is 0 Å². The van der Waals surface area contributed by atoms with Crippen LogP contribution in [0.15, 0.2) is 9.59 Å². The molecule has 0 fully saturated rings. The van der Waals surface area contributed by atoms with Crippen molar-refractivity contribution in [2.75, 3.05) is 24.2 Å². The lowest BCUT2D eigenvalue weighted by atomic mass is 10.3. The standard InChI is InChI=1S/C12H20N4O4/c1-3-4-6-16-10(13)9(11(19)14-12(16)20)15(2)7-5-8(17)18/h3-7,13H2,1-2H3,(H,17,18)(H,14,19,20). The number of unbranched alkanes of at least 4 members (excludes halogenated alkanes) is 1. The van der Waals surface area contributed by atoms with Gasteiger partial charge in [-0.25, -0.2) is 4.79 Å². The van der Waals surface area contributed by atoms with Gasteiger partial charge in [0.1, 0.15) is 11.5 Å². The molecule has 0 aromatic carbocycles. The van der Waals surface area contributed by atoms with Gasteiger partial charge in [-0.15, -0.1) is 0 Å². The number of aliphatic carboxylic acids is 1. The fourth-order valence-corrected chi connectivity index (χ4v) is 1.86. The van der Waals surface area contributed by atoms with Crippen molar-refractivity contribution < 1.29 is 9.90 Å². The molecule has 0 saturated heterocycles.